The summed E-state index contributed by atoms with van der Waals surface area (Å²) in [6.45, 7) is 1.82. The minimum atomic E-state index is -3.49. The van der Waals surface area contributed by atoms with Crippen molar-refractivity contribution in [1.29, 1.82) is 0 Å². The van der Waals surface area contributed by atoms with E-state index >= 15 is 0 Å². The quantitative estimate of drug-likeness (QED) is 0.510. The minimum absolute atomic E-state index is 0.185. The molecule has 0 heterocycles. The average Bonchev–Trinajstić information content (AvgIpc) is 2.05. The molecule has 0 fully saturated rings. The molecule has 0 saturated carbocycles. The Morgan fingerprint density at radius 2 is 2.08 bits per heavy atom. The van der Waals surface area contributed by atoms with E-state index in [4.69, 9.17) is 5.84 Å². The van der Waals surface area contributed by atoms with Crippen LogP contribution in [-0.2, 0) is 10.0 Å². The van der Waals surface area contributed by atoms with Crippen molar-refractivity contribution in [1.82, 2.24) is 4.83 Å². The first kappa shape index (κ1) is 9.18. The summed E-state index contributed by atoms with van der Waals surface area (Å²) in [5, 5.41) is 0. The van der Waals surface area contributed by atoms with Gasteiger partial charge < -0.3 is 0 Å². The lowest BCUT2D eigenvalue weighted by atomic mass is 10.2. The normalized spacial score (nSPS) is 11.5. The maximum atomic E-state index is 11.1. The van der Waals surface area contributed by atoms with Crippen LogP contribution in [0.1, 0.15) is 5.56 Å². The number of sulfonamides is 1. The summed E-state index contributed by atoms with van der Waals surface area (Å²) in [5.74, 6) is 4.85. The molecule has 1 rings (SSSR count). The molecule has 12 heavy (non-hydrogen) atoms. The van der Waals surface area contributed by atoms with E-state index in [-0.39, 0.29) is 4.90 Å². The smallest absolute Gasteiger partial charge is 0.253 e. The summed E-state index contributed by atoms with van der Waals surface area (Å²) in [6.07, 6.45) is 0. The van der Waals surface area contributed by atoms with Gasteiger partial charge in [0.25, 0.3) is 10.0 Å². The minimum Gasteiger partial charge on any atom is -0.257 e. The molecule has 0 bridgehead atoms. The van der Waals surface area contributed by atoms with E-state index in [1.54, 1.807) is 17.0 Å². The van der Waals surface area contributed by atoms with Crippen LogP contribution in [0.3, 0.4) is 0 Å². The lowest BCUT2D eigenvalue weighted by Crippen LogP contribution is -2.30. The number of hydrogen-bond acceptors (Lipinski definition) is 3. The molecular weight excluding hydrogens is 176 g/mol. The summed E-state index contributed by atoms with van der Waals surface area (Å²) < 4.78 is 22.2. The van der Waals surface area contributed by atoms with Crippen molar-refractivity contribution < 1.29 is 8.42 Å². The molecule has 4 nitrogen and oxygen atoms in total. The highest BCUT2D eigenvalue weighted by atomic mass is 32.2. The van der Waals surface area contributed by atoms with E-state index in [1.165, 1.54) is 6.07 Å². The molecule has 0 aliphatic rings. The lowest BCUT2D eigenvalue weighted by Gasteiger charge is -2.01. The van der Waals surface area contributed by atoms with Crippen LogP contribution >= 0.6 is 0 Å². The molecule has 0 aliphatic heterocycles. The number of rotatable bonds is 2. The van der Waals surface area contributed by atoms with Crippen molar-refractivity contribution in [3.8, 4) is 0 Å². The number of nitrogens with one attached hydrogen (secondary N) is 1. The fourth-order valence-electron chi connectivity index (χ4n) is 0.851. The third-order valence-corrected chi connectivity index (χ3v) is 2.64. The Balaban J connectivity index is 3.21. The van der Waals surface area contributed by atoms with Crippen LogP contribution in [0.5, 0.6) is 0 Å². The maximum absolute atomic E-state index is 11.1. The van der Waals surface area contributed by atoms with Crippen molar-refractivity contribution in [3.63, 3.8) is 0 Å². The van der Waals surface area contributed by atoms with Gasteiger partial charge in [-0.3, -0.25) is 5.84 Å². The van der Waals surface area contributed by atoms with Crippen LogP contribution in [0.25, 0.3) is 0 Å². The number of aryl methyl sites for hydroxylation is 1. The number of hydrogen-bond donors (Lipinski definition) is 2. The summed E-state index contributed by atoms with van der Waals surface area (Å²) in [4.78, 5) is 1.94. The maximum Gasteiger partial charge on any atom is 0.253 e. The van der Waals surface area contributed by atoms with E-state index in [9.17, 15) is 8.42 Å². The van der Waals surface area contributed by atoms with Gasteiger partial charge in [0.15, 0.2) is 0 Å². The van der Waals surface area contributed by atoms with Gasteiger partial charge in [-0.25, -0.2) is 8.42 Å². The first-order valence-electron chi connectivity index (χ1n) is 3.35. The van der Waals surface area contributed by atoms with Gasteiger partial charge in [-0.15, -0.1) is 0 Å². The zero-order chi connectivity index (χ0) is 9.19. The highest BCUT2D eigenvalue weighted by molar-refractivity contribution is 7.89. The largest absolute Gasteiger partial charge is 0.257 e. The first-order chi connectivity index (χ1) is 5.56. The Morgan fingerprint density at radius 1 is 1.42 bits per heavy atom. The van der Waals surface area contributed by atoms with E-state index in [2.05, 4.69) is 0 Å². The Bertz CT molecular complexity index is 373. The highest BCUT2D eigenvalue weighted by Gasteiger charge is 2.10. The van der Waals surface area contributed by atoms with E-state index < -0.39 is 10.0 Å². The lowest BCUT2D eigenvalue weighted by molar-refractivity contribution is 0.584. The number of nitrogens with two attached hydrogens (primary N) is 1. The van der Waals surface area contributed by atoms with Crippen molar-refractivity contribution in [3.05, 3.63) is 29.8 Å². The Morgan fingerprint density at radius 3 is 2.58 bits per heavy atom. The van der Waals surface area contributed by atoms with Crippen molar-refractivity contribution in [2.75, 3.05) is 0 Å². The molecule has 66 valence electrons. The van der Waals surface area contributed by atoms with Crippen molar-refractivity contribution >= 4 is 10.0 Å². The van der Waals surface area contributed by atoms with Gasteiger partial charge in [0.05, 0.1) is 4.90 Å². The van der Waals surface area contributed by atoms with Gasteiger partial charge in [-0.05, 0) is 24.6 Å². The van der Waals surface area contributed by atoms with E-state index in [0.29, 0.717) is 0 Å². The highest BCUT2D eigenvalue weighted by Crippen LogP contribution is 2.09. The van der Waals surface area contributed by atoms with Crippen molar-refractivity contribution in [2.24, 2.45) is 5.84 Å². The van der Waals surface area contributed by atoms with Crippen LogP contribution in [-0.4, -0.2) is 8.42 Å². The van der Waals surface area contributed by atoms with Crippen molar-refractivity contribution in [2.45, 2.75) is 11.8 Å². The predicted molar refractivity (Wildman–Crippen MR) is 45.7 cm³/mol. The zero-order valence-electron chi connectivity index (χ0n) is 6.61. The summed E-state index contributed by atoms with van der Waals surface area (Å²) in [7, 11) is -3.49. The van der Waals surface area contributed by atoms with Gasteiger partial charge in [0, 0.05) is 0 Å². The van der Waals surface area contributed by atoms with Gasteiger partial charge in [-0.2, -0.15) is 4.83 Å². The Labute approximate surface area is 71.4 Å². The standard InChI is InChI=1S/C7H10N2O2S/c1-6-3-2-4-7(5-6)12(10,11)9-8/h2-5,9H,8H2,1H3. The summed E-state index contributed by atoms with van der Waals surface area (Å²) >= 11 is 0. The Hall–Kier alpha value is -0.910. The summed E-state index contributed by atoms with van der Waals surface area (Å²) in [5.41, 5.74) is 0.881. The van der Waals surface area contributed by atoms with Crippen LogP contribution in [0.4, 0.5) is 0 Å². The fraction of sp³-hybridized carbons (Fsp3) is 0.143. The molecule has 0 radical (unpaired) electrons. The molecule has 0 atom stereocenters. The third-order valence-electron chi connectivity index (χ3n) is 1.45. The predicted octanol–water partition coefficient (Wildman–Crippen LogP) is 0.147. The van der Waals surface area contributed by atoms with E-state index in [0.717, 1.165) is 5.56 Å². The van der Waals surface area contributed by atoms with Crippen LogP contribution in [0.2, 0.25) is 0 Å². The first-order valence-corrected chi connectivity index (χ1v) is 4.83. The second kappa shape index (κ2) is 3.22. The molecule has 1 aromatic rings. The second-order valence-electron chi connectivity index (χ2n) is 2.44. The topological polar surface area (TPSA) is 72.2 Å². The van der Waals surface area contributed by atoms with Gasteiger partial charge >= 0.3 is 0 Å². The third kappa shape index (κ3) is 1.82. The molecule has 0 unspecified atom stereocenters. The molecule has 0 spiro atoms. The zero-order valence-corrected chi connectivity index (χ0v) is 7.43. The van der Waals surface area contributed by atoms with Gasteiger partial charge in [0.1, 0.15) is 0 Å². The number of hydrazine groups is 1. The average molecular weight is 186 g/mol. The molecule has 5 heteroatoms. The molecular formula is C7H10N2O2S. The second-order valence-corrected chi connectivity index (χ2v) is 4.15. The molecule has 0 aliphatic carbocycles. The molecule has 3 N–H and O–H groups in total. The fourth-order valence-corrected chi connectivity index (χ4v) is 1.59. The molecule has 1 aromatic carbocycles. The van der Waals surface area contributed by atoms with Crippen LogP contribution in [0.15, 0.2) is 29.2 Å². The SMILES string of the molecule is Cc1cccc(S(=O)(=O)NN)c1. The summed E-state index contributed by atoms with van der Waals surface area (Å²) in [6, 6.07) is 6.52. The Kier molecular flexibility index (Phi) is 2.46. The van der Waals surface area contributed by atoms with E-state index in [1.807, 2.05) is 13.0 Å². The molecule has 0 aromatic heterocycles. The van der Waals surface area contributed by atoms with Gasteiger partial charge in [0.2, 0.25) is 0 Å². The van der Waals surface area contributed by atoms with Crippen LogP contribution in [0, 0.1) is 6.92 Å². The molecule has 0 saturated heterocycles. The van der Waals surface area contributed by atoms with Gasteiger partial charge in [-0.1, -0.05) is 12.1 Å². The number of benzene rings is 1. The molecule has 0 amide bonds. The van der Waals surface area contributed by atoms with Crippen LogP contribution < -0.4 is 10.7 Å². The monoisotopic (exact) mass is 186 g/mol.